The monoisotopic (exact) mass is 412 g/mol. The fourth-order valence-corrected chi connectivity index (χ4v) is 7.85. The van der Waals surface area contributed by atoms with E-state index in [0.717, 1.165) is 52.2 Å². The van der Waals surface area contributed by atoms with Crippen molar-refractivity contribution in [3.8, 4) is 0 Å². The number of aryl methyl sites for hydroxylation is 1. The van der Waals surface area contributed by atoms with E-state index in [2.05, 4.69) is 30.3 Å². The van der Waals surface area contributed by atoms with Gasteiger partial charge in [-0.15, -0.1) is 0 Å². The first-order valence-corrected chi connectivity index (χ1v) is 12.2. The number of aromatic nitrogens is 1. The van der Waals surface area contributed by atoms with Crippen molar-refractivity contribution < 1.29 is 4.84 Å². The molecule has 5 heteroatoms. The Hall–Kier alpha value is -1.62. The van der Waals surface area contributed by atoms with Crippen LogP contribution in [0.5, 0.6) is 0 Å². The number of nitrogens with zero attached hydrogens (tertiary/aromatic N) is 2. The summed E-state index contributed by atoms with van der Waals surface area (Å²) in [5.41, 5.74) is 3.54. The smallest absolute Gasteiger partial charge is 0.308 e. The Morgan fingerprint density at radius 3 is 2.48 bits per heavy atom. The number of oxime groups is 1. The van der Waals surface area contributed by atoms with E-state index in [9.17, 15) is 4.79 Å². The van der Waals surface area contributed by atoms with Crippen LogP contribution in [0.4, 0.5) is 0 Å². The van der Waals surface area contributed by atoms with Crippen molar-refractivity contribution in [2.75, 3.05) is 7.11 Å². The van der Waals surface area contributed by atoms with Gasteiger partial charge in [-0.05, 0) is 74.8 Å². The number of hydrogen-bond donors (Lipinski definition) is 0. The van der Waals surface area contributed by atoms with E-state index in [1.54, 1.807) is 7.11 Å². The van der Waals surface area contributed by atoms with Crippen LogP contribution < -0.4 is 4.87 Å². The zero-order valence-corrected chi connectivity index (χ0v) is 18.5. The SMILES string of the molecule is CCCCCn1c(=O)sc2cc(/C(=N\OC)C34CC5CC(CC(C5)C3)C4)ccc21. The Labute approximate surface area is 176 Å². The van der Waals surface area contributed by atoms with Crippen molar-refractivity contribution in [2.24, 2.45) is 28.3 Å². The predicted octanol–water partition coefficient (Wildman–Crippen LogP) is 5.82. The van der Waals surface area contributed by atoms with Gasteiger partial charge in [-0.1, -0.05) is 42.3 Å². The van der Waals surface area contributed by atoms with Crippen LogP contribution >= 0.6 is 11.3 Å². The van der Waals surface area contributed by atoms with E-state index in [1.165, 1.54) is 62.7 Å². The maximum atomic E-state index is 12.6. The molecule has 0 amide bonds. The van der Waals surface area contributed by atoms with Crippen molar-refractivity contribution in [2.45, 2.75) is 71.3 Å². The number of thiazole rings is 1. The highest BCUT2D eigenvalue weighted by molar-refractivity contribution is 7.16. The Balaban J connectivity index is 1.51. The Morgan fingerprint density at radius 2 is 1.86 bits per heavy atom. The summed E-state index contributed by atoms with van der Waals surface area (Å²) in [6, 6.07) is 6.52. The van der Waals surface area contributed by atoms with Crippen LogP contribution in [0.3, 0.4) is 0 Å². The molecule has 0 N–H and O–H groups in total. The molecule has 4 bridgehead atoms. The fourth-order valence-electron chi connectivity index (χ4n) is 6.89. The third-order valence-corrected chi connectivity index (χ3v) is 8.59. The highest BCUT2D eigenvalue weighted by Crippen LogP contribution is 2.61. The minimum absolute atomic E-state index is 0.160. The Bertz CT molecular complexity index is 951. The second-order valence-electron chi connectivity index (χ2n) is 9.73. The van der Waals surface area contributed by atoms with Gasteiger partial charge in [0.15, 0.2) is 0 Å². The van der Waals surface area contributed by atoms with Crippen LogP contribution in [-0.4, -0.2) is 17.4 Å². The first-order chi connectivity index (χ1) is 14.1. The second kappa shape index (κ2) is 7.57. The van der Waals surface area contributed by atoms with Gasteiger partial charge in [0.2, 0.25) is 0 Å². The van der Waals surface area contributed by atoms with Crippen LogP contribution in [0.25, 0.3) is 10.2 Å². The zero-order chi connectivity index (χ0) is 20.0. The molecule has 0 spiro atoms. The standard InChI is InChI=1S/C24H32N2O2S/c1-3-4-5-8-26-20-7-6-19(12-21(20)29-23(26)27)22(25-28-2)24-13-16-9-17(14-24)11-18(10-16)15-24/h6-7,12,16-18H,3-5,8-11,13-15H2,1-2H3/b25-22+. The quantitative estimate of drug-likeness (QED) is 0.327. The van der Waals surface area contributed by atoms with Gasteiger partial charge >= 0.3 is 4.87 Å². The number of hydrogen-bond acceptors (Lipinski definition) is 4. The molecule has 0 atom stereocenters. The molecular formula is C24H32N2O2S. The minimum atomic E-state index is 0.160. The molecule has 4 aliphatic carbocycles. The molecular weight excluding hydrogens is 380 g/mol. The molecule has 0 unspecified atom stereocenters. The summed E-state index contributed by atoms with van der Waals surface area (Å²) in [4.78, 5) is 18.1. The zero-order valence-electron chi connectivity index (χ0n) is 17.7. The van der Waals surface area contributed by atoms with Crippen LogP contribution in [0, 0.1) is 23.2 Å². The molecule has 29 heavy (non-hydrogen) atoms. The number of fused-ring (bicyclic) bond motifs is 1. The third kappa shape index (κ3) is 3.35. The highest BCUT2D eigenvalue weighted by atomic mass is 32.1. The van der Waals surface area contributed by atoms with Crippen molar-refractivity contribution in [3.63, 3.8) is 0 Å². The summed E-state index contributed by atoms with van der Waals surface area (Å²) in [5.74, 6) is 2.59. The molecule has 1 heterocycles. The molecule has 4 aliphatic rings. The van der Waals surface area contributed by atoms with E-state index >= 15 is 0 Å². The van der Waals surface area contributed by atoms with E-state index in [4.69, 9.17) is 4.84 Å². The molecule has 1 aromatic heterocycles. The Morgan fingerprint density at radius 1 is 1.17 bits per heavy atom. The first-order valence-electron chi connectivity index (χ1n) is 11.4. The van der Waals surface area contributed by atoms with E-state index in [-0.39, 0.29) is 10.3 Å². The van der Waals surface area contributed by atoms with Crippen molar-refractivity contribution in [1.82, 2.24) is 4.57 Å². The van der Waals surface area contributed by atoms with Gasteiger partial charge < -0.3 is 4.84 Å². The first kappa shape index (κ1) is 19.3. The molecule has 1 aromatic carbocycles. The lowest BCUT2D eigenvalue weighted by Crippen LogP contribution is -2.50. The average molecular weight is 413 g/mol. The maximum Gasteiger partial charge on any atom is 0.308 e. The topological polar surface area (TPSA) is 43.6 Å². The van der Waals surface area contributed by atoms with Crippen molar-refractivity contribution >= 4 is 27.3 Å². The normalized spacial score (nSPS) is 31.0. The van der Waals surface area contributed by atoms with Crippen molar-refractivity contribution in [3.05, 3.63) is 33.4 Å². The molecule has 0 aliphatic heterocycles. The lowest BCUT2D eigenvalue weighted by molar-refractivity contribution is -0.0138. The summed E-state index contributed by atoms with van der Waals surface area (Å²) in [7, 11) is 1.67. The van der Waals surface area contributed by atoms with Gasteiger partial charge in [0.05, 0.1) is 15.9 Å². The highest BCUT2D eigenvalue weighted by Gasteiger charge is 2.53. The summed E-state index contributed by atoms with van der Waals surface area (Å²) < 4.78 is 3.04. The van der Waals surface area contributed by atoms with E-state index in [1.807, 2.05) is 4.57 Å². The van der Waals surface area contributed by atoms with Gasteiger partial charge in [0.1, 0.15) is 7.11 Å². The van der Waals surface area contributed by atoms with Crippen LogP contribution in [-0.2, 0) is 11.4 Å². The van der Waals surface area contributed by atoms with Gasteiger partial charge in [-0.3, -0.25) is 9.36 Å². The average Bonchev–Trinajstić information content (AvgIpc) is 2.99. The number of rotatable bonds is 7. The maximum absolute atomic E-state index is 12.6. The van der Waals surface area contributed by atoms with Gasteiger partial charge in [0, 0.05) is 17.5 Å². The summed E-state index contributed by atoms with van der Waals surface area (Å²) in [6.45, 7) is 3.02. The Kier molecular flexibility index (Phi) is 5.05. The molecule has 156 valence electrons. The summed E-state index contributed by atoms with van der Waals surface area (Å²) in [5, 5.41) is 4.62. The van der Waals surface area contributed by atoms with Gasteiger partial charge in [-0.25, -0.2) is 0 Å². The molecule has 4 nitrogen and oxygen atoms in total. The van der Waals surface area contributed by atoms with Gasteiger partial charge in [-0.2, -0.15) is 0 Å². The summed E-state index contributed by atoms with van der Waals surface area (Å²) >= 11 is 1.38. The largest absolute Gasteiger partial charge is 0.399 e. The third-order valence-electron chi connectivity index (χ3n) is 7.65. The predicted molar refractivity (Wildman–Crippen MR) is 120 cm³/mol. The molecule has 2 aromatic rings. The second-order valence-corrected chi connectivity index (χ2v) is 10.7. The van der Waals surface area contributed by atoms with Crippen molar-refractivity contribution in [1.29, 1.82) is 0 Å². The molecule has 4 fully saturated rings. The van der Waals surface area contributed by atoms with E-state index < -0.39 is 0 Å². The van der Waals surface area contributed by atoms with E-state index in [0.29, 0.717) is 0 Å². The van der Waals surface area contributed by atoms with Crippen LogP contribution in [0.15, 0.2) is 28.1 Å². The molecule has 6 rings (SSSR count). The number of unbranched alkanes of at least 4 members (excludes halogenated alkanes) is 2. The minimum Gasteiger partial charge on any atom is -0.399 e. The lowest BCUT2D eigenvalue weighted by Gasteiger charge is -2.56. The molecule has 0 radical (unpaired) electrons. The summed E-state index contributed by atoms with van der Waals surface area (Å²) in [6.07, 6.45) is 11.4. The number of benzene rings is 1. The van der Waals surface area contributed by atoms with Gasteiger partial charge in [0.25, 0.3) is 0 Å². The fraction of sp³-hybridized carbons (Fsp3) is 0.667. The van der Waals surface area contributed by atoms with Crippen LogP contribution in [0.1, 0.15) is 70.3 Å². The lowest BCUT2D eigenvalue weighted by atomic mass is 9.48. The molecule has 0 saturated heterocycles. The van der Waals surface area contributed by atoms with Crippen LogP contribution in [0.2, 0.25) is 0 Å². The molecule has 4 saturated carbocycles.